The van der Waals surface area contributed by atoms with Crippen LogP contribution in [0, 0.1) is 11.3 Å². The number of ketones is 1. The van der Waals surface area contributed by atoms with Crippen LogP contribution in [0.5, 0.6) is 0 Å². The van der Waals surface area contributed by atoms with E-state index in [9.17, 15) is 14.7 Å². The first-order valence-electron chi connectivity index (χ1n) is 5.95. The van der Waals surface area contributed by atoms with Crippen LogP contribution in [0.3, 0.4) is 0 Å². The zero-order valence-corrected chi connectivity index (χ0v) is 12.4. The number of hydrogen-bond donors (Lipinski definition) is 1. The molecule has 1 heterocycles. The van der Waals surface area contributed by atoms with Gasteiger partial charge in [-0.2, -0.15) is 5.26 Å². The van der Waals surface area contributed by atoms with E-state index in [0.29, 0.717) is 10.6 Å². The average molecular weight is 325 g/mol. The number of benzene rings is 1. The minimum Gasteiger partial charge on any atom is -0.503 e. The minimum atomic E-state index is -0.889. The second-order valence-electron chi connectivity index (χ2n) is 4.48. The summed E-state index contributed by atoms with van der Waals surface area (Å²) in [6.07, 6.45) is 0. The van der Waals surface area contributed by atoms with Crippen LogP contribution >= 0.6 is 23.2 Å². The van der Waals surface area contributed by atoms with Gasteiger partial charge in [-0.15, -0.1) is 0 Å². The third kappa shape index (κ3) is 2.60. The highest BCUT2D eigenvalue weighted by atomic mass is 35.5. The van der Waals surface area contributed by atoms with Crippen LogP contribution in [-0.2, 0) is 9.59 Å². The fourth-order valence-corrected chi connectivity index (χ4v) is 2.81. The quantitative estimate of drug-likeness (QED) is 0.867. The van der Waals surface area contributed by atoms with Crippen molar-refractivity contribution in [2.24, 2.45) is 0 Å². The predicted molar refractivity (Wildman–Crippen MR) is 76.9 cm³/mol. The lowest BCUT2D eigenvalue weighted by Crippen LogP contribution is -2.31. The number of nitrogens with zero attached hydrogens (tertiary/aromatic N) is 2. The van der Waals surface area contributed by atoms with E-state index in [-0.39, 0.29) is 17.1 Å². The molecular weight excluding hydrogens is 315 g/mol. The number of halogens is 2. The Balaban J connectivity index is 2.63. The van der Waals surface area contributed by atoms with Gasteiger partial charge in [-0.1, -0.05) is 29.3 Å². The van der Waals surface area contributed by atoms with Gasteiger partial charge in [0.2, 0.25) is 0 Å². The van der Waals surface area contributed by atoms with E-state index in [0.717, 1.165) is 4.90 Å². The van der Waals surface area contributed by atoms with E-state index in [1.165, 1.54) is 13.0 Å². The summed E-state index contributed by atoms with van der Waals surface area (Å²) in [5, 5.41) is 19.4. The van der Waals surface area contributed by atoms with Crippen LogP contribution in [0.1, 0.15) is 18.5 Å². The molecule has 0 bridgehead atoms. The van der Waals surface area contributed by atoms with Gasteiger partial charge >= 0.3 is 0 Å². The molecule has 0 aliphatic carbocycles. The first-order valence-corrected chi connectivity index (χ1v) is 6.71. The Morgan fingerprint density at radius 2 is 2.14 bits per heavy atom. The largest absolute Gasteiger partial charge is 0.503 e. The lowest BCUT2D eigenvalue weighted by atomic mass is 9.97. The molecule has 21 heavy (non-hydrogen) atoms. The number of amides is 1. The third-order valence-corrected chi connectivity index (χ3v) is 3.74. The molecule has 1 aromatic rings. The molecule has 0 fully saturated rings. The van der Waals surface area contributed by atoms with Crippen molar-refractivity contribution in [3.8, 4) is 6.07 Å². The Hall–Kier alpha value is -2.03. The number of hydrogen-bond acceptors (Lipinski definition) is 4. The molecule has 0 saturated heterocycles. The fourth-order valence-electron chi connectivity index (χ4n) is 2.30. The lowest BCUT2D eigenvalue weighted by molar-refractivity contribution is -0.128. The van der Waals surface area contributed by atoms with Gasteiger partial charge in [0.1, 0.15) is 6.54 Å². The molecule has 1 unspecified atom stereocenters. The van der Waals surface area contributed by atoms with Gasteiger partial charge in [0.05, 0.1) is 17.7 Å². The van der Waals surface area contributed by atoms with Gasteiger partial charge in [-0.05, 0) is 24.6 Å². The van der Waals surface area contributed by atoms with E-state index in [4.69, 9.17) is 28.5 Å². The SMILES string of the molecule is CC(=O)C1=C(O)C(=O)N(CC#N)C1c1ccc(Cl)cc1Cl. The summed E-state index contributed by atoms with van der Waals surface area (Å²) in [5.74, 6) is -1.87. The minimum absolute atomic E-state index is 0.0699. The summed E-state index contributed by atoms with van der Waals surface area (Å²) < 4.78 is 0. The monoisotopic (exact) mass is 324 g/mol. The van der Waals surface area contributed by atoms with E-state index in [1.807, 2.05) is 6.07 Å². The van der Waals surface area contributed by atoms with E-state index >= 15 is 0 Å². The van der Waals surface area contributed by atoms with Crippen LogP contribution in [0.25, 0.3) is 0 Å². The first kappa shape index (κ1) is 15.4. The van der Waals surface area contributed by atoms with Crippen molar-refractivity contribution >= 4 is 34.9 Å². The van der Waals surface area contributed by atoms with Gasteiger partial charge < -0.3 is 10.0 Å². The van der Waals surface area contributed by atoms with Gasteiger partial charge in [0.15, 0.2) is 11.5 Å². The van der Waals surface area contributed by atoms with Crippen molar-refractivity contribution in [2.75, 3.05) is 6.54 Å². The molecule has 1 aromatic carbocycles. The van der Waals surface area contributed by atoms with Gasteiger partial charge in [0.25, 0.3) is 5.91 Å². The molecule has 0 spiro atoms. The van der Waals surface area contributed by atoms with Crippen LogP contribution < -0.4 is 0 Å². The number of carbonyl (C=O) groups is 2. The topological polar surface area (TPSA) is 81.4 Å². The molecule has 108 valence electrons. The maximum Gasteiger partial charge on any atom is 0.290 e. The summed E-state index contributed by atoms with van der Waals surface area (Å²) in [4.78, 5) is 24.9. The van der Waals surface area contributed by atoms with Crippen molar-refractivity contribution in [3.05, 3.63) is 45.1 Å². The Kier molecular flexibility index (Phi) is 4.21. The molecule has 0 saturated carbocycles. The number of aliphatic hydroxyl groups is 1. The van der Waals surface area contributed by atoms with Gasteiger partial charge in [-0.25, -0.2) is 0 Å². The molecule has 1 N–H and O–H groups in total. The summed E-state index contributed by atoms with van der Waals surface area (Å²) in [5.41, 5.74) is 0.360. The first-order chi connectivity index (χ1) is 9.88. The second-order valence-corrected chi connectivity index (χ2v) is 5.32. The van der Waals surface area contributed by atoms with E-state index < -0.39 is 23.5 Å². The van der Waals surface area contributed by atoms with Crippen molar-refractivity contribution in [3.63, 3.8) is 0 Å². The highest BCUT2D eigenvalue weighted by Gasteiger charge is 2.42. The van der Waals surface area contributed by atoms with E-state index in [1.54, 1.807) is 12.1 Å². The third-order valence-electron chi connectivity index (χ3n) is 3.18. The molecule has 2 rings (SSSR count). The second kappa shape index (κ2) is 5.76. The number of Topliss-reactive ketones (excluding diaryl/α,β-unsaturated/α-hetero) is 1. The molecule has 1 aliphatic heterocycles. The Labute approximate surface area is 131 Å². The Morgan fingerprint density at radius 3 is 2.67 bits per heavy atom. The smallest absolute Gasteiger partial charge is 0.290 e. The Morgan fingerprint density at radius 1 is 1.48 bits per heavy atom. The molecular formula is C14H10Cl2N2O3. The molecule has 7 heteroatoms. The molecule has 1 amide bonds. The van der Waals surface area contributed by atoms with E-state index in [2.05, 4.69) is 0 Å². The van der Waals surface area contributed by atoms with Crippen LogP contribution in [-0.4, -0.2) is 28.2 Å². The number of rotatable bonds is 3. The standard InChI is InChI=1S/C14H10Cl2N2O3/c1-7(19)11-12(9-3-2-8(15)6-10(9)16)18(5-4-17)14(21)13(11)20/h2-3,6,12,20H,5H2,1H3. The Bertz CT molecular complexity index is 707. The highest BCUT2D eigenvalue weighted by Crippen LogP contribution is 2.40. The van der Waals surface area contributed by atoms with Crippen LogP contribution in [0.15, 0.2) is 29.5 Å². The van der Waals surface area contributed by atoms with Crippen molar-refractivity contribution in [1.29, 1.82) is 5.26 Å². The normalized spacial score (nSPS) is 18.1. The average Bonchev–Trinajstić information content (AvgIpc) is 2.64. The van der Waals surface area contributed by atoms with Crippen molar-refractivity contribution in [1.82, 2.24) is 4.90 Å². The number of aliphatic hydroxyl groups excluding tert-OH is 1. The molecule has 1 aliphatic rings. The fraction of sp³-hybridized carbons (Fsp3) is 0.214. The predicted octanol–water partition coefficient (Wildman–Crippen LogP) is 2.80. The zero-order chi connectivity index (χ0) is 15.7. The molecule has 0 aromatic heterocycles. The van der Waals surface area contributed by atoms with Gasteiger partial charge in [-0.3, -0.25) is 9.59 Å². The number of carbonyl (C=O) groups excluding carboxylic acids is 2. The molecule has 1 atom stereocenters. The number of nitriles is 1. The lowest BCUT2D eigenvalue weighted by Gasteiger charge is -2.24. The molecule has 0 radical (unpaired) electrons. The maximum atomic E-state index is 12.0. The molecule has 5 nitrogen and oxygen atoms in total. The maximum absolute atomic E-state index is 12.0. The van der Waals surface area contributed by atoms with Gasteiger partial charge in [0, 0.05) is 10.0 Å². The van der Waals surface area contributed by atoms with Crippen molar-refractivity contribution in [2.45, 2.75) is 13.0 Å². The van der Waals surface area contributed by atoms with Crippen LogP contribution in [0.4, 0.5) is 0 Å². The van der Waals surface area contributed by atoms with Crippen molar-refractivity contribution < 1.29 is 14.7 Å². The summed E-state index contributed by atoms with van der Waals surface area (Å²) >= 11 is 12.0. The van der Waals surface area contributed by atoms with Crippen LogP contribution in [0.2, 0.25) is 10.0 Å². The summed E-state index contributed by atoms with van der Waals surface area (Å²) in [6, 6.07) is 5.55. The summed E-state index contributed by atoms with van der Waals surface area (Å²) in [6.45, 7) is 0.967. The summed E-state index contributed by atoms with van der Waals surface area (Å²) in [7, 11) is 0. The zero-order valence-electron chi connectivity index (χ0n) is 10.9. The highest BCUT2D eigenvalue weighted by molar-refractivity contribution is 6.35.